The van der Waals surface area contributed by atoms with Crippen molar-refractivity contribution in [1.29, 1.82) is 0 Å². The Bertz CT molecular complexity index is 1160. The molecule has 6 aromatic rings. The topological polar surface area (TPSA) is 0 Å². The number of rotatable bonds is 0. The molecule has 0 aromatic heterocycles. The van der Waals surface area contributed by atoms with E-state index in [0.717, 1.165) is 9.52 Å². The van der Waals surface area contributed by atoms with Crippen molar-refractivity contribution in [2.75, 3.05) is 0 Å². The number of halogens is 2. The molecule has 0 aliphatic carbocycles. The van der Waals surface area contributed by atoms with E-state index in [4.69, 9.17) is 0 Å². The molecule has 0 aliphatic rings. The Balaban J connectivity index is 0.000000264. The molecular formula is C28H26Cl2HfSi-2. The molecule has 162 valence electrons. The van der Waals surface area contributed by atoms with Gasteiger partial charge in [-0.05, 0) is 0 Å². The third-order valence-electron chi connectivity index (χ3n) is 5.05. The van der Waals surface area contributed by atoms with Crippen LogP contribution in [0.3, 0.4) is 0 Å². The van der Waals surface area contributed by atoms with Gasteiger partial charge in [0.25, 0.3) is 0 Å². The van der Waals surface area contributed by atoms with E-state index in [0.29, 0.717) is 0 Å². The van der Waals surface area contributed by atoms with Crippen LogP contribution in [0.4, 0.5) is 0 Å². The number of hydrogen-bond donors (Lipinski definition) is 0. The molecule has 0 bridgehead atoms. The van der Waals surface area contributed by atoms with E-state index in [1.54, 1.807) is 0 Å². The van der Waals surface area contributed by atoms with E-state index in [1.165, 1.54) is 43.1 Å². The SMILES string of the molecule is C[Si]C.Cl.Cl.[Hf].c1ccc2c(c1)[cH-]c1ccccc12.c1ccc2c(c1)[cH-]c1ccccc12. The summed E-state index contributed by atoms with van der Waals surface area (Å²) in [4.78, 5) is 0. The summed E-state index contributed by atoms with van der Waals surface area (Å²) in [5.74, 6) is 0. The van der Waals surface area contributed by atoms with Gasteiger partial charge in [-0.3, -0.25) is 0 Å². The largest absolute Gasteiger partial charge is 0.147 e. The summed E-state index contributed by atoms with van der Waals surface area (Å²) in [6.45, 7) is 4.31. The summed E-state index contributed by atoms with van der Waals surface area (Å²) in [5, 5.41) is 10.8. The average molecular weight is 640 g/mol. The van der Waals surface area contributed by atoms with Crippen molar-refractivity contribution in [1.82, 2.24) is 0 Å². The van der Waals surface area contributed by atoms with E-state index in [-0.39, 0.29) is 50.7 Å². The molecule has 0 saturated carbocycles. The van der Waals surface area contributed by atoms with Crippen molar-refractivity contribution in [2.24, 2.45) is 0 Å². The van der Waals surface area contributed by atoms with Crippen LogP contribution in [0.25, 0.3) is 43.1 Å². The van der Waals surface area contributed by atoms with Gasteiger partial charge in [0.15, 0.2) is 0 Å². The monoisotopic (exact) mass is 640 g/mol. The zero-order valence-corrected chi connectivity index (χ0v) is 24.4. The third-order valence-corrected chi connectivity index (χ3v) is 5.05. The standard InChI is InChI=1S/2C13H9.C2H6Si.2ClH.Hf/c2*1-3-7-12-10(5-1)9-11-6-2-4-8-13(11)12;1-3-2;;;/h2*1-9H;1-2H3;2*1H;/q2*-1;;;;. The summed E-state index contributed by atoms with van der Waals surface area (Å²) in [7, 11) is 1.08. The first-order valence-electron chi connectivity index (χ1n) is 9.96. The van der Waals surface area contributed by atoms with Crippen LogP contribution in [-0.2, 0) is 25.8 Å². The Hall–Kier alpha value is -1.71. The molecule has 0 nitrogen and oxygen atoms in total. The average Bonchev–Trinajstić information content (AvgIpc) is 3.33. The molecule has 0 aliphatic heterocycles. The van der Waals surface area contributed by atoms with Crippen LogP contribution in [-0.4, -0.2) is 9.52 Å². The van der Waals surface area contributed by atoms with Gasteiger partial charge in [-0.25, -0.2) is 0 Å². The van der Waals surface area contributed by atoms with Crippen LogP contribution >= 0.6 is 24.8 Å². The molecule has 0 fully saturated rings. The number of fused-ring (bicyclic) bond motifs is 6. The van der Waals surface area contributed by atoms with Gasteiger partial charge in [-0.15, -0.1) is 104 Å². The number of hydrogen-bond acceptors (Lipinski definition) is 0. The first-order valence-corrected chi connectivity index (χ1v) is 12.0. The van der Waals surface area contributed by atoms with E-state index in [1.807, 2.05) is 0 Å². The summed E-state index contributed by atoms with van der Waals surface area (Å²) in [6.07, 6.45) is 0. The van der Waals surface area contributed by atoms with Gasteiger partial charge in [0, 0.05) is 35.4 Å². The van der Waals surface area contributed by atoms with Gasteiger partial charge < -0.3 is 0 Å². The molecule has 6 rings (SSSR count). The van der Waals surface area contributed by atoms with E-state index in [2.05, 4.69) is 122 Å². The van der Waals surface area contributed by atoms with Crippen molar-refractivity contribution < 1.29 is 25.8 Å². The molecule has 0 saturated heterocycles. The van der Waals surface area contributed by atoms with E-state index < -0.39 is 0 Å². The normalized spacial score (nSPS) is 9.56. The fraction of sp³-hybridized carbons (Fsp3) is 0.0714. The van der Waals surface area contributed by atoms with Gasteiger partial charge in [0.2, 0.25) is 0 Å². The second-order valence-corrected chi connectivity index (χ2v) is 8.14. The quantitative estimate of drug-likeness (QED) is 0.115. The summed E-state index contributed by atoms with van der Waals surface area (Å²) >= 11 is 0. The van der Waals surface area contributed by atoms with E-state index in [9.17, 15) is 0 Å². The Morgan fingerprint density at radius 1 is 0.438 bits per heavy atom. The molecule has 32 heavy (non-hydrogen) atoms. The van der Waals surface area contributed by atoms with Gasteiger partial charge >= 0.3 is 0 Å². The van der Waals surface area contributed by atoms with Crippen molar-refractivity contribution in [3.63, 3.8) is 0 Å². The zero-order valence-electron chi connectivity index (χ0n) is 18.2. The molecule has 0 spiro atoms. The molecular weight excluding hydrogens is 614 g/mol. The van der Waals surface area contributed by atoms with Crippen molar-refractivity contribution in [3.05, 3.63) is 109 Å². The van der Waals surface area contributed by atoms with Crippen LogP contribution in [0.1, 0.15) is 0 Å². The van der Waals surface area contributed by atoms with Crippen LogP contribution in [0, 0.1) is 0 Å². The van der Waals surface area contributed by atoms with Crippen LogP contribution in [0.15, 0.2) is 109 Å². The summed E-state index contributed by atoms with van der Waals surface area (Å²) < 4.78 is 0. The smallest absolute Gasteiger partial charge is 0.0307 e. The molecule has 2 radical (unpaired) electrons. The zero-order chi connectivity index (χ0) is 20.1. The molecule has 0 unspecified atom stereocenters. The Kier molecular flexibility index (Phi) is 12.2. The Morgan fingerprint density at radius 3 is 0.844 bits per heavy atom. The minimum atomic E-state index is 0. The number of benzene rings is 4. The minimum Gasteiger partial charge on any atom is -0.147 e. The molecule has 0 atom stereocenters. The molecule has 0 amide bonds. The fourth-order valence-electron chi connectivity index (χ4n) is 3.81. The third kappa shape index (κ3) is 6.20. The van der Waals surface area contributed by atoms with E-state index >= 15 is 0 Å². The van der Waals surface area contributed by atoms with Crippen molar-refractivity contribution in [2.45, 2.75) is 13.1 Å². The maximum absolute atomic E-state index is 2.24. The van der Waals surface area contributed by atoms with Crippen LogP contribution in [0.5, 0.6) is 0 Å². The van der Waals surface area contributed by atoms with Crippen molar-refractivity contribution in [3.8, 4) is 0 Å². The van der Waals surface area contributed by atoms with Crippen LogP contribution < -0.4 is 0 Å². The van der Waals surface area contributed by atoms with Crippen LogP contribution in [0.2, 0.25) is 13.1 Å². The predicted octanol–water partition coefficient (Wildman–Crippen LogP) is 9.05. The second-order valence-electron chi connectivity index (χ2n) is 7.14. The van der Waals surface area contributed by atoms with Gasteiger partial charge in [0.05, 0.1) is 0 Å². The Morgan fingerprint density at radius 2 is 0.625 bits per heavy atom. The second kappa shape index (κ2) is 13.7. The first-order chi connectivity index (χ1) is 14.3. The molecule has 0 heterocycles. The van der Waals surface area contributed by atoms with Gasteiger partial charge in [-0.2, -0.15) is 0 Å². The minimum absolute atomic E-state index is 0. The van der Waals surface area contributed by atoms with Gasteiger partial charge in [0.1, 0.15) is 0 Å². The maximum atomic E-state index is 2.24. The summed E-state index contributed by atoms with van der Waals surface area (Å²) in [5.41, 5.74) is 0. The van der Waals surface area contributed by atoms with Gasteiger partial charge in [-0.1, -0.05) is 85.9 Å². The molecule has 4 heteroatoms. The Labute approximate surface area is 224 Å². The molecule has 6 aromatic carbocycles. The molecule has 0 N–H and O–H groups in total. The maximum Gasteiger partial charge on any atom is 0.0307 e. The first kappa shape index (κ1) is 28.3. The predicted molar refractivity (Wildman–Crippen MR) is 146 cm³/mol. The fourth-order valence-corrected chi connectivity index (χ4v) is 3.81. The summed E-state index contributed by atoms with van der Waals surface area (Å²) in [6, 6.07) is 38.5. The van der Waals surface area contributed by atoms with Crippen molar-refractivity contribution >= 4 is 77.4 Å².